The molecule has 1 heterocycles. The standard InChI is InChI=1S/C16H28N2S/c1-4-11-17-15(13-14-8-7-12-19-14)16(18(2)3)9-5-6-10-16/h7-8,12,15,17H,4-6,9-11,13H2,1-3H3. The van der Waals surface area contributed by atoms with E-state index in [1.165, 1.54) is 43.4 Å². The number of hydrogen-bond acceptors (Lipinski definition) is 3. The molecule has 0 spiro atoms. The molecule has 1 aliphatic rings. The van der Waals surface area contributed by atoms with Crippen LogP contribution in [0.15, 0.2) is 17.5 Å². The minimum absolute atomic E-state index is 0.360. The molecule has 108 valence electrons. The van der Waals surface area contributed by atoms with Crippen molar-refractivity contribution in [2.45, 2.75) is 57.0 Å². The molecule has 1 saturated carbocycles. The lowest BCUT2D eigenvalue weighted by atomic mass is 9.84. The van der Waals surface area contributed by atoms with E-state index in [0.717, 1.165) is 6.54 Å². The van der Waals surface area contributed by atoms with Gasteiger partial charge in [0.05, 0.1) is 0 Å². The summed E-state index contributed by atoms with van der Waals surface area (Å²) < 4.78 is 0. The van der Waals surface area contributed by atoms with Crippen molar-refractivity contribution >= 4 is 11.3 Å². The number of likely N-dealkylation sites (N-methyl/N-ethyl adjacent to an activating group) is 1. The molecule has 0 aromatic carbocycles. The summed E-state index contributed by atoms with van der Waals surface area (Å²) in [5.41, 5.74) is 0.360. The largest absolute Gasteiger partial charge is 0.312 e. The maximum Gasteiger partial charge on any atom is 0.0359 e. The molecule has 2 rings (SSSR count). The van der Waals surface area contributed by atoms with Crippen LogP contribution in [0.1, 0.15) is 43.9 Å². The van der Waals surface area contributed by atoms with Gasteiger partial charge in [0.2, 0.25) is 0 Å². The minimum Gasteiger partial charge on any atom is -0.312 e. The van der Waals surface area contributed by atoms with Gasteiger partial charge in [-0.2, -0.15) is 0 Å². The van der Waals surface area contributed by atoms with E-state index in [-0.39, 0.29) is 0 Å². The van der Waals surface area contributed by atoms with Crippen molar-refractivity contribution in [1.82, 2.24) is 10.2 Å². The van der Waals surface area contributed by atoms with E-state index in [0.29, 0.717) is 11.6 Å². The van der Waals surface area contributed by atoms with Gasteiger partial charge >= 0.3 is 0 Å². The molecule has 0 amide bonds. The smallest absolute Gasteiger partial charge is 0.0359 e. The van der Waals surface area contributed by atoms with Crippen LogP contribution in [0.25, 0.3) is 0 Å². The summed E-state index contributed by atoms with van der Waals surface area (Å²) in [5, 5.41) is 6.03. The first-order valence-corrected chi connectivity index (χ1v) is 8.50. The van der Waals surface area contributed by atoms with Crippen LogP contribution in [0, 0.1) is 0 Å². The number of nitrogens with one attached hydrogen (secondary N) is 1. The summed E-state index contributed by atoms with van der Waals surface area (Å²) in [7, 11) is 4.53. The Labute approximate surface area is 122 Å². The van der Waals surface area contributed by atoms with Gasteiger partial charge in [-0.3, -0.25) is 0 Å². The van der Waals surface area contributed by atoms with E-state index < -0.39 is 0 Å². The zero-order valence-corrected chi connectivity index (χ0v) is 13.4. The van der Waals surface area contributed by atoms with E-state index in [1.54, 1.807) is 0 Å². The molecule has 1 atom stereocenters. The normalized spacial score (nSPS) is 20.0. The Hall–Kier alpha value is -0.380. The third kappa shape index (κ3) is 3.39. The number of nitrogens with zero attached hydrogens (tertiary/aromatic N) is 1. The van der Waals surface area contributed by atoms with Gasteiger partial charge in [0.25, 0.3) is 0 Å². The van der Waals surface area contributed by atoms with Gasteiger partial charge in [0.15, 0.2) is 0 Å². The van der Waals surface area contributed by atoms with Crippen LogP contribution in [-0.4, -0.2) is 37.1 Å². The van der Waals surface area contributed by atoms with Gasteiger partial charge in [-0.15, -0.1) is 11.3 Å². The first kappa shape index (κ1) is 15.0. The Bertz CT molecular complexity index is 353. The highest BCUT2D eigenvalue weighted by atomic mass is 32.1. The molecule has 1 unspecified atom stereocenters. The van der Waals surface area contributed by atoms with Gasteiger partial charge in [-0.05, 0) is 57.8 Å². The van der Waals surface area contributed by atoms with E-state index in [2.05, 4.69) is 48.7 Å². The maximum absolute atomic E-state index is 3.84. The van der Waals surface area contributed by atoms with Crippen molar-refractivity contribution in [3.05, 3.63) is 22.4 Å². The molecule has 0 bridgehead atoms. The Kier molecular flexibility index (Phi) is 5.43. The Balaban J connectivity index is 2.14. The third-order valence-corrected chi connectivity index (χ3v) is 5.53. The second-order valence-electron chi connectivity index (χ2n) is 6.00. The van der Waals surface area contributed by atoms with Crippen molar-refractivity contribution in [3.63, 3.8) is 0 Å². The molecular weight excluding hydrogens is 252 g/mol. The predicted octanol–water partition coefficient (Wildman–Crippen LogP) is 3.53. The van der Waals surface area contributed by atoms with Gasteiger partial charge in [-0.1, -0.05) is 25.8 Å². The molecule has 3 heteroatoms. The SMILES string of the molecule is CCCNC(Cc1cccs1)C1(N(C)C)CCCC1. The number of rotatable bonds is 7. The van der Waals surface area contributed by atoms with Crippen LogP contribution in [-0.2, 0) is 6.42 Å². The summed E-state index contributed by atoms with van der Waals surface area (Å²) >= 11 is 1.90. The highest BCUT2D eigenvalue weighted by Gasteiger charge is 2.42. The highest BCUT2D eigenvalue weighted by molar-refractivity contribution is 7.09. The number of thiophene rings is 1. The van der Waals surface area contributed by atoms with Crippen molar-refractivity contribution in [2.75, 3.05) is 20.6 Å². The first-order chi connectivity index (χ1) is 9.19. The van der Waals surface area contributed by atoms with Crippen LogP contribution in [0.3, 0.4) is 0 Å². The molecular formula is C16H28N2S. The molecule has 1 fully saturated rings. The predicted molar refractivity (Wildman–Crippen MR) is 85.0 cm³/mol. The van der Waals surface area contributed by atoms with Crippen LogP contribution < -0.4 is 5.32 Å². The fraction of sp³-hybridized carbons (Fsp3) is 0.750. The first-order valence-electron chi connectivity index (χ1n) is 7.62. The lowest BCUT2D eigenvalue weighted by Gasteiger charge is -2.44. The van der Waals surface area contributed by atoms with Crippen LogP contribution in [0.5, 0.6) is 0 Å². The molecule has 2 nitrogen and oxygen atoms in total. The number of hydrogen-bond donors (Lipinski definition) is 1. The Morgan fingerprint density at radius 3 is 2.63 bits per heavy atom. The lowest BCUT2D eigenvalue weighted by Crippen LogP contribution is -2.58. The highest BCUT2D eigenvalue weighted by Crippen LogP contribution is 2.38. The summed E-state index contributed by atoms with van der Waals surface area (Å²) in [4.78, 5) is 4.00. The lowest BCUT2D eigenvalue weighted by molar-refractivity contribution is 0.105. The summed E-state index contributed by atoms with van der Waals surface area (Å²) in [5.74, 6) is 0. The molecule has 0 aliphatic heterocycles. The van der Waals surface area contributed by atoms with E-state index >= 15 is 0 Å². The fourth-order valence-electron chi connectivity index (χ4n) is 3.50. The Morgan fingerprint density at radius 2 is 2.11 bits per heavy atom. The van der Waals surface area contributed by atoms with E-state index in [1.807, 2.05) is 11.3 Å². The molecule has 1 aliphatic carbocycles. The van der Waals surface area contributed by atoms with Crippen molar-refractivity contribution in [1.29, 1.82) is 0 Å². The van der Waals surface area contributed by atoms with Gasteiger partial charge < -0.3 is 10.2 Å². The van der Waals surface area contributed by atoms with E-state index in [4.69, 9.17) is 0 Å². The molecule has 0 saturated heterocycles. The van der Waals surface area contributed by atoms with Crippen molar-refractivity contribution in [3.8, 4) is 0 Å². The minimum atomic E-state index is 0.360. The molecule has 1 N–H and O–H groups in total. The van der Waals surface area contributed by atoms with Gasteiger partial charge in [0, 0.05) is 16.5 Å². The fourth-order valence-corrected chi connectivity index (χ4v) is 4.25. The van der Waals surface area contributed by atoms with Gasteiger partial charge in [0.1, 0.15) is 0 Å². The molecule has 19 heavy (non-hydrogen) atoms. The summed E-state index contributed by atoms with van der Waals surface area (Å²) in [6.07, 6.45) is 7.83. The van der Waals surface area contributed by atoms with Crippen LogP contribution >= 0.6 is 11.3 Å². The van der Waals surface area contributed by atoms with E-state index in [9.17, 15) is 0 Å². The van der Waals surface area contributed by atoms with Crippen LogP contribution in [0.2, 0.25) is 0 Å². The zero-order valence-electron chi connectivity index (χ0n) is 12.6. The third-order valence-electron chi connectivity index (χ3n) is 4.63. The second kappa shape index (κ2) is 6.87. The zero-order chi connectivity index (χ0) is 13.7. The summed E-state index contributed by atoms with van der Waals surface area (Å²) in [6, 6.07) is 5.04. The maximum atomic E-state index is 3.84. The monoisotopic (exact) mass is 280 g/mol. The molecule has 1 aromatic rings. The molecule has 1 aromatic heterocycles. The van der Waals surface area contributed by atoms with Crippen molar-refractivity contribution < 1.29 is 0 Å². The second-order valence-corrected chi connectivity index (χ2v) is 7.03. The van der Waals surface area contributed by atoms with Gasteiger partial charge in [-0.25, -0.2) is 0 Å². The topological polar surface area (TPSA) is 15.3 Å². The average Bonchev–Trinajstić information content (AvgIpc) is 3.05. The quantitative estimate of drug-likeness (QED) is 0.822. The van der Waals surface area contributed by atoms with Crippen molar-refractivity contribution in [2.24, 2.45) is 0 Å². The molecule has 0 radical (unpaired) electrons. The van der Waals surface area contributed by atoms with Crippen LogP contribution in [0.4, 0.5) is 0 Å². The summed E-state index contributed by atoms with van der Waals surface area (Å²) in [6.45, 7) is 3.39. The Morgan fingerprint density at radius 1 is 1.37 bits per heavy atom. The average molecular weight is 280 g/mol.